The maximum Gasteiger partial charge on any atom is 0.335 e. The summed E-state index contributed by atoms with van der Waals surface area (Å²) in [5.74, 6) is -0.325. The van der Waals surface area contributed by atoms with Gasteiger partial charge < -0.3 is 4.74 Å². The van der Waals surface area contributed by atoms with Crippen LogP contribution in [0.2, 0.25) is 0 Å². The number of carbonyl (C=O) groups excluding carboxylic acids is 1. The van der Waals surface area contributed by atoms with Crippen molar-refractivity contribution in [2.24, 2.45) is 0 Å². The number of hydrogen-bond acceptors (Lipinski definition) is 7. The zero-order valence-electron chi connectivity index (χ0n) is 21.4. The number of esters is 1. The molecule has 0 spiro atoms. The summed E-state index contributed by atoms with van der Waals surface area (Å²) in [5.41, 5.74) is 6.02. The molecule has 1 aromatic carbocycles. The maximum absolute atomic E-state index is 13.5. The summed E-state index contributed by atoms with van der Waals surface area (Å²) in [5, 5.41) is 8.99. The van der Waals surface area contributed by atoms with Crippen LogP contribution in [-0.4, -0.2) is 52.0 Å². The molecule has 0 aliphatic heterocycles. The number of rotatable bonds is 6. The lowest BCUT2D eigenvalue weighted by Crippen LogP contribution is -2.22. The second-order valence-electron chi connectivity index (χ2n) is 9.06. The van der Waals surface area contributed by atoms with Crippen LogP contribution in [0.1, 0.15) is 23.0 Å². The minimum absolute atomic E-state index is 0.397. The molecule has 5 heterocycles. The molecular formula is C28H23FN8O2. The first-order chi connectivity index (χ1) is 18.9. The quantitative estimate of drug-likeness (QED) is 0.299. The van der Waals surface area contributed by atoms with Gasteiger partial charge in [-0.15, -0.1) is 5.10 Å². The minimum atomic E-state index is -0.877. The maximum atomic E-state index is 13.5. The van der Waals surface area contributed by atoms with Gasteiger partial charge in [-0.25, -0.2) is 18.7 Å². The highest BCUT2D eigenvalue weighted by atomic mass is 19.1. The van der Waals surface area contributed by atoms with Crippen LogP contribution >= 0.6 is 0 Å². The molecule has 0 aliphatic rings. The molecule has 0 fully saturated rings. The van der Waals surface area contributed by atoms with Gasteiger partial charge in [0.2, 0.25) is 0 Å². The first-order valence-corrected chi connectivity index (χ1v) is 12.1. The second kappa shape index (κ2) is 9.60. The Bertz CT molecular complexity index is 1800. The number of nitrogens with zero attached hydrogens (tertiary/aromatic N) is 8. The Balaban J connectivity index is 1.33. The number of carbonyl (C=O) groups is 1. The van der Waals surface area contributed by atoms with E-state index in [2.05, 4.69) is 15.2 Å². The van der Waals surface area contributed by atoms with E-state index >= 15 is 0 Å². The van der Waals surface area contributed by atoms with E-state index in [0.29, 0.717) is 34.1 Å². The first kappa shape index (κ1) is 24.2. The Hall–Kier alpha value is -5.19. The lowest BCUT2D eigenvalue weighted by Gasteiger charge is -2.15. The molecule has 0 unspecified atom stereocenters. The molecule has 10 nitrogen and oxygen atoms in total. The van der Waals surface area contributed by atoms with Gasteiger partial charge in [-0.2, -0.15) is 10.1 Å². The summed E-state index contributed by atoms with van der Waals surface area (Å²) in [7, 11) is 1.30. The normalized spacial score (nSPS) is 12.1. The van der Waals surface area contributed by atoms with Gasteiger partial charge in [0, 0.05) is 34.9 Å². The van der Waals surface area contributed by atoms with Crippen molar-refractivity contribution in [3.05, 3.63) is 102 Å². The highest BCUT2D eigenvalue weighted by molar-refractivity contribution is 5.78. The van der Waals surface area contributed by atoms with E-state index in [4.69, 9.17) is 14.7 Å². The van der Waals surface area contributed by atoms with Crippen LogP contribution in [-0.2, 0) is 9.53 Å². The zero-order chi connectivity index (χ0) is 27.1. The lowest BCUT2D eigenvalue weighted by molar-refractivity contribution is -0.143. The van der Waals surface area contributed by atoms with Crippen LogP contribution < -0.4 is 0 Å². The van der Waals surface area contributed by atoms with Crippen molar-refractivity contribution in [3.63, 3.8) is 0 Å². The predicted molar refractivity (Wildman–Crippen MR) is 141 cm³/mol. The van der Waals surface area contributed by atoms with E-state index < -0.39 is 17.8 Å². The van der Waals surface area contributed by atoms with Gasteiger partial charge in [-0.05, 0) is 55.8 Å². The fraction of sp³-hybridized carbons (Fsp3) is 0.143. The summed E-state index contributed by atoms with van der Waals surface area (Å²) in [6.45, 7) is 4.03. The summed E-state index contributed by atoms with van der Waals surface area (Å²) in [6, 6.07) is 12.6. The van der Waals surface area contributed by atoms with Crippen molar-refractivity contribution >= 4 is 11.6 Å². The average Bonchev–Trinajstić information content (AvgIpc) is 3.68. The topological polar surface area (TPSA) is 105 Å². The molecule has 0 saturated heterocycles. The van der Waals surface area contributed by atoms with Crippen LogP contribution in [0.5, 0.6) is 0 Å². The summed E-state index contributed by atoms with van der Waals surface area (Å²) >= 11 is 0. The lowest BCUT2D eigenvalue weighted by atomic mass is 10.1. The molecule has 39 heavy (non-hydrogen) atoms. The number of aromatic nitrogens is 8. The first-order valence-electron chi connectivity index (χ1n) is 12.1. The highest BCUT2D eigenvalue weighted by Crippen LogP contribution is 2.26. The number of fused-ring (bicyclic) bond motifs is 1. The minimum Gasteiger partial charge on any atom is -0.467 e. The Kier molecular flexibility index (Phi) is 5.95. The molecule has 194 valence electrons. The summed E-state index contributed by atoms with van der Waals surface area (Å²) < 4.78 is 23.6. The largest absolute Gasteiger partial charge is 0.467 e. The van der Waals surface area contributed by atoms with E-state index in [1.807, 2.05) is 48.9 Å². The van der Waals surface area contributed by atoms with Crippen molar-refractivity contribution < 1.29 is 13.9 Å². The Morgan fingerprint density at radius 3 is 2.36 bits per heavy atom. The fourth-order valence-electron chi connectivity index (χ4n) is 4.52. The molecular weight excluding hydrogens is 499 g/mol. The van der Waals surface area contributed by atoms with Crippen molar-refractivity contribution in [2.75, 3.05) is 7.11 Å². The molecule has 0 amide bonds. The third-order valence-electron chi connectivity index (χ3n) is 6.50. The third kappa shape index (κ3) is 4.43. The predicted octanol–water partition coefficient (Wildman–Crippen LogP) is 4.36. The Morgan fingerprint density at radius 1 is 0.923 bits per heavy atom. The Morgan fingerprint density at radius 2 is 1.64 bits per heavy atom. The fourth-order valence-corrected chi connectivity index (χ4v) is 4.52. The van der Waals surface area contributed by atoms with Crippen molar-refractivity contribution in [1.29, 1.82) is 0 Å². The summed E-state index contributed by atoms with van der Waals surface area (Å²) in [6.07, 6.45) is 8.43. The van der Waals surface area contributed by atoms with Crippen LogP contribution in [0.15, 0.2) is 79.5 Å². The molecule has 0 saturated carbocycles. The monoisotopic (exact) mass is 522 g/mol. The summed E-state index contributed by atoms with van der Waals surface area (Å²) in [4.78, 5) is 26.5. The molecule has 0 radical (unpaired) electrons. The molecule has 11 heteroatoms. The third-order valence-corrected chi connectivity index (χ3v) is 6.50. The number of methoxy groups -OCH3 is 1. The number of halogens is 1. The number of ether oxygens (including phenoxy) is 1. The second-order valence-corrected chi connectivity index (χ2v) is 9.06. The standard InChI is InChI=1S/C28H23FN8O2/c1-17-4-5-18(2)37(17)28-33-25-12-20(10-11-35(25)34-28)23-14-30-15-24(32-23)21-13-31-36(16-21)26(27(38)39-3)19-6-8-22(29)9-7-19/h4-16,26H,1-3H3/t26-/m1/s1. The van der Waals surface area contributed by atoms with Crippen LogP contribution in [0.25, 0.3) is 34.1 Å². The van der Waals surface area contributed by atoms with Crippen molar-refractivity contribution in [1.82, 2.24) is 38.9 Å². The van der Waals surface area contributed by atoms with Crippen LogP contribution in [0, 0.1) is 19.7 Å². The van der Waals surface area contributed by atoms with E-state index in [1.165, 1.54) is 36.1 Å². The van der Waals surface area contributed by atoms with Crippen LogP contribution in [0.4, 0.5) is 4.39 Å². The Labute approximate surface area is 222 Å². The van der Waals surface area contributed by atoms with Gasteiger partial charge in [-0.3, -0.25) is 14.2 Å². The molecule has 0 bridgehead atoms. The van der Waals surface area contributed by atoms with Gasteiger partial charge in [-0.1, -0.05) is 12.1 Å². The van der Waals surface area contributed by atoms with Crippen molar-refractivity contribution in [3.8, 4) is 28.5 Å². The number of benzene rings is 1. The molecule has 0 N–H and O–H groups in total. The smallest absolute Gasteiger partial charge is 0.335 e. The molecule has 6 aromatic rings. The highest BCUT2D eigenvalue weighted by Gasteiger charge is 2.25. The van der Waals surface area contributed by atoms with Crippen molar-refractivity contribution in [2.45, 2.75) is 19.9 Å². The van der Waals surface area contributed by atoms with E-state index in [-0.39, 0.29) is 0 Å². The molecule has 6 rings (SSSR count). The van der Waals surface area contributed by atoms with Gasteiger partial charge >= 0.3 is 5.97 Å². The van der Waals surface area contributed by atoms with Gasteiger partial charge in [0.25, 0.3) is 5.95 Å². The van der Waals surface area contributed by atoms with E-state index in [9.17, 15) is 9.18 Å². The average molecular weight is 523 g/mol. The van der Waals surface area contributed by atoms with E-state index in [1.54, 1.807) is 29.3 Å². The van der Waals surface area contributed by atoms with Gasteiger partial charge in [0.05, 0.1) is 37.1 Å². The molecule has 5 aromatic heterocycles. The molecule has 0 aliphatic carbocycles. The zero-order valence-corrected chi connectivity index (χ0v) is 21.4. The van der Waals surface area contributed by atoms with Crippen LogP contribution in [0.3, 0.4) is 0 Å². The molecule has 1 atom stereocenters. The number of hydrogen-bond donors (Lipinski definition) is 0. The van der Waals surface area contributed by atoms with E-state index in [0.717, 1.165) is 17.0 Å². The number of pyridine rings is 1. The van der Waals surface area contributed by atoms with Gasteiger partial charge in [0.1, 0.15) is 5.82 Å². The SMILES string of the molecule is COC(=O)[C@@H](c1ccc(F)cc1)n1cc(-c2cncc(-c3ccn4nc(-n5c(C)ccc5C)nc4c3)n2)cn1. The number of aryl methyl sites for hydroxylation is 2. The van der Waals surface area contributed by atoms with Gasteiger partial charge in [0.15, 0.2) is 11.7 Å².